The molecule has 0 spiro atoms. The molecular formula is C12H22O. The molecule has 3 unspecified atom stereocenters. The largest absolute Gasteiger partial charge is 0.371 e. The van der Waals surface area contributed by atoms with E-state index >= 15 is 0 Å². The molecule has 0 aromatic heterocycles. The molecule has 1 heteroatoms. The number of hydrogen-bond donors (Lipinski definition) is 0. The van der Waals surface area contributed by atoms with E-state index in [1.807, 2.05) is 0 Å². The Balaban J connectivity index is 2.17. The van der Waals surface area contributed by atoms with Gasteiger partial charge in [-0.25, -0.2) is 0 Å². The molecule has 0 aromatic rings. The molecular weight excluding hydrogens is 160 g/mol. The molecule has 1 aliphatic carbocycles. The summed E-state index contributed by atoms with van der Waals surface area (Å²) in [6.07, 6.45) is 5.83. The Bertz CT molecular complexity index is 204. The van der Waals surface area contributed by atoms with E-state index in [2.05, 4.69) is 27.7 Å². The van der Waals surface area contributed by atoms with Gasteiger partial charge in [0.1, 0.15) is 0 Å². The van der Waals surface area contributed by atoms with Crippen LogP contribution >= 0.6 is 0 Å². The van der Waals surface area contributed by atoms with E-state index in [4.69, 9.17) is 4.74 Å². The van der Waals surface area contributed by atoms with Gasteiger partial charge in [0.15, 0.2) is 0 Å². The van der Waals surface area contributed by atoms with E-state index in [1.54, 1.807) is 0 Å². The average Bonchev–Trinajstić information content (AvgIpc) is 2.20. The Kier molecular flexibility index (Phi) is 1.99. The molecule has 2 bridgehead atoms. The molecule has 0 radical (unpaired) electrons. The van der Waals surface area contributed by atoms with E-state index in [9.17, 15) is 0 Å². The SMILES string of the molecule is CC12CCCC(C1)C(C(C)(C)C)O2. The van der Waals surface area contributed by atoms with Gasteiger partial charge in [-0.2, -0.15) is 0 Å². The summed E-state index contributed by atoms with van der Waals surface area (Å²) >= 11 is 0. The fourth-order valence-electron chi connectivity index (χ4n) is 3.15. The van der Waals surface area contributed by atoms with Crippen molar-refractivity contribution < 1.29 is 4.74 Å². The van der Waals surface area contributed by atoms with Crippen LogP contribution < -0.4 is 0 Å². The van der Waals surface area contributed by atoms with E-state index in [1.165, 1.54) is 25.7 Å². The molecule has 0 N–H and O–H groups in total. The third-order valence-electron chi connectivity index (χ3n) is 3.67. The summed E-state index contributed by atoms with van der Waals surface area (Å²) in [7, 11) is 0. The summed E-state index contributed by atoms with van der Waals surface area (Å²) in [5.74, 6) is 0.832. The lowest BCUT2D eigenvalue weighted by molar-refractivity contribution is -0.0735. The van der Waals surface area contributed by atoms with Crippen molar-refractivity contribution in [3.05, 3.63) is 0 Å². The van der Waals surface area contributed by atoms with Crippen molar-refractivity contribution in [2.24, 2.45) is 11.3 Å². The summed E-state index contributed by atoms with van der Waals surface area (Å²) in [5, 5.41) is 0. The van der Waals surface area contributed by atoms with Gasteiger partial charge < -0.3 is 4.74 Å². The van der Waals surface area contributed by atoms with Crippen molar-refractivity contribution in [3.8, 4) is 0 Å². The Morgan fingerprint density at radius 3 is 2.54 bits per heavy atom. The molecule has 13 heavy (non-hydrogen) atoms. The molecule has 76 valence electrons. The lowest BCUT2D eigenvalue weighted by atomic mass is 9.74. The number of fused-ring (bicyclic) bond motifs is 2. The minimum absolute atomic E-state index is 0.223. The summed E-state index contributed by atoms with van der Waals surface area (Å²) in [6.45, 7) is 9.22. The van der Waals surface area contributed by atoms with Crippen LogP contribution in [0.5, 0.6) is 0 Å². The van der Waals surface area contributed by atoms with Gasteiger partial charge in [-0.05, 0) is 37.5 Å². The minimum atomic E-state index is 0.223. The average molecular weight is 182 g/mol. The Morgan fingerprint density at radius 1 is 1.31 bits per heavy atom. The van der Waals surface area contributed by atoms with Crippen LogP contribution in [0.1, 0.15) is 53.4 Å². The second-order valence-corrected chi connectivity index (χ2v) is 6.21. The standard InChI is InChI=1S/C12H22O/c1-11(2,3)10-9-6-5-7-12(4,8-9)13-10/h9-10H,5-8H2,1-4H3. The van der Waals surface area contributed by atoms with E-state index in [0.717, 1.165) is 5.92 Å². The Morgan fingerprint density at radius 2 is 2.00 bits per heavy atom. The highest BCUT2D eigenvalue weighted by Crippen LogP contribution is 2.50. The zero-order chi connectivity index (χ0) is 9.69. The first-order valence-electron chi connectivity index (χ1n) is 5.59. The highest BCUT2D eigenvalue weighted by atomic mass is 16.5. The summed E-state index contributed by atoms with van der Waals surface area (Å²) in [5.41, 5.74) is 0.549. The van der Waals surface area contributed by atoms with Crippen LogP contribution in [-0.4, -0.2) is 11.7 Å². The predicted molar refractivity (Wildman–Crippen MR) is 54.7 cm³/mol. The van der Waals surface area contributed by atoms with Crippen LogP contribution in [-0.2, 0) is 4.74 Å². The van der Waals surface area contributed by atoms with Gasteiger partial charge in [-0.3, -0.25) is 0 Å². The molecule has 3 atom stereocenters. The molecule has 1 saturated heterocycles. The second-order valence-electron chi connectivity index (χ2n) is 6.21. The molecule has 1 saturated carbocycles. The Hall–Kier alpha value is -0.0400. The smallest absolute Gasteiger partial charge is 0.0662 e. The van der Waals surface area contributed by atoms with Crippen LogP contribution in [0.2, 0.25) is 0 Å². The molecule has 1 heterocycles. The van der Waals surface area contributed by atoms with Gasteiger partial charge in [0.2, 0.25) is 0 Å². The maximum atomic E-state index is 6.24. The van der Waals surface area contributed by atoms with Gasteiger partial charge in [0.05, 0.1) is 11.7 Å². The molecule has 0 aromatic carbocycles. The second kappa shape index (κ2) is 2.73. The first-order chi connectivity index (χ1) is 5.91. The van der Waals surface area contributed by atoms with Crippen LogP contribution in [0.25, 0.3) is 0 Å². The highest BCUT2D eigenvalue weighted by molar-refractivity contribution is 4.98. The van der Waals surface area contributed by atoms with Crippen LogP contribution in [0.3, 0.4) is 0 Å². The fraction of sp³-hybridized carbons (Fsp3) is 1.00. The third-order valence-corrected chi connectivity index (χ3v) is 3.67. The first kappa shape index (κ1) is 9.51. The molecule has 2 rings (SSSR count). The molecule has 2 fully saturated rings. The maximum absolute atomic E-state index is 6.24. The van der Waals surface area contributed by atoms with Gasteiger partial charge in [-0.1, -0.05) is 27.2 Å². The topological polar surface area (TPSA) is 9.23 Å². The van der Waals surface area contributed by atoms with Gasteiger partial charge in [0, 0.05) is 0 Å². The van der Waals surface area contributed by atoms with Crippen molar-refractivity contribution in [2.45, 2.75) is 65.1 Å². The number of rotatable bonds is 0. The highest BCUT2D eigenvalue weighted by Gasteiger charge is 2.49. The normalized spacial score (nSPS) is 45.2. The van der Waals surface area contributed by atoms with E-state index in [0.29, 0.717) is 11.5 Å². The van der Waals surface area contributed by atoms with Gasteiger partial charge >= 0.3 is 0 Å². The van der Waals surface area contributed by atoms with Crippen molar-refractivity contribution >= 4 is 0 Å². The van der Waals surface area contributed by atoms with Crippen molar-refractivity contribution in [1.82, 2.24) is 0 Å². The Labute approximate surface area is 81.9 Å². The monoisotopic (exact) mass is 182 g/mol. The third kappa shape index (κ3) is 1.63. The summed E-state index contributed by atoms with van der Waals surface area (Å²) in [4.78, 5) is 0. The van der Waals surface area contributed by atoms with Crippen LogP contribution in [0, 0.1) is 11.3 Å². The number of ether oxygens (including phenoxy) is 1. The quantitative estimate of drug-likeness (QED) is 0.558. The fourth-order valence-corrected chi connectivity index (χ4v) is 3.15. The van der Waals surface area contributed by atoms with Crippen molar-refractivity contribution in [2.75, 3.05) is 0 Å². The zero-order valence-electron chi connectivity index (χ0n) is 9.39. The minimum Gasteiger partial charge on any atom is -0.371 e. The lowest BCUT2D eigenvalue weighted by Gasteiger charge is -2.30. The number of hydrogen-bond acceptors (Lipinski definition) is 1. The molecule has 2 aliphatic rings. The van der Waals surface area contributed by atoms with Crippen molar-refractivity contribution in [3.63, 3.8) is 0 Å². The molecule has 0 amide bonds. The van der Waals surface area contributed by atoms with E-state index in [-0.39, 0.29) is 5.60 Å². The van der Waals surface area contributed by atoms with Crippen LogP contribution in [0.4, 0.5) is 0 Å². The van der Waals surface area contributed by atoms with Gasteiger partial charge in [0.25, 0.3) is 0 Å². The maximum Gasteiger partial charge on any atom is 0.0662 e. The zero-order valence-corrected chi connectivity index (χ0v) is 9.39. The first-order valence-corrected chi connectivity index (χ1v) is 5.59. The van der Waals surface area contributed by atoms with Crippen molar-refractivity contribution in [1.29, 1.82) is 0 Å². The summed E-state index contributed by atoms with van der Waals surface area (Å²) in [6, 6.07) is 0. The summed E-state index contributed by atoms with van der Waals surface area (Å²) < 4.78 is 6.24. The predicted octanol–water partition coefficient (Wildman–Crippen LogP) is 3.38. The molecule has 1 nitrogen and oxygen atoms in total. The van der Waals surface area contributed by atoms with Crippen LogP contribution in [0.15, 0.2) is 0 Å². The van der Waals surface area contributed by atoms with E-state index < -0.39 is 0 Å². The van der Waals surface area contributed by atoms with Gasteiger partial charge in [-0.15, -0.1) is 0 Å². The molecule has 1 aliphatic heterocycles. The lowest BCUT2D eigenvalue weighted by Crippen LogP contribution is -2.32.